The normalized spacial score (nSPS) is 18.3. The van der Waals surface area contributed by atoms with Gasteiger partial charge in [0.2, 0.25) is 5.97 Å². The Kier molecular flexibility index (Phi) is 1.52. The third-order valence-corrected chi connectivity index (χ3v) is 0.822. The van der Waals surface area contributed by atoms with Crippen LogP contribution in [0.4, 0.5) is 8.87 Å². The summed E-state index contributed by atoms with van der Waals surface area (Å²) < 4.78 is 23.8. The van der Waals surface area contributed by atoms with Gasteiger partial charge in [0, 0.05) is 6.08 Å². The molecule has 0 aromatic heterocycles. The minimum absolute atomic E-state index is 0.148. The molecule has 1 aliphatic heterocycles. The largest absolute Gasteiger partial charge is 0.242 e. The highest BCUT2D eigenvalue weighted by Crippen LogP contribution is 2.05. The van der Waals surface area contributed by atoms with Crippen LogP contribution in [0, 0.1) is 0 Å². The van der Waals surface area contributed by atoms with Gasteiger partial charge in [-0.05, 0) is 5.34 Å². The van der Waals surface area contributed by atoms with Gasteiger partial charge < -0.3 is 0 Å². The fourth-order valence-electron chi connectivity index (χ4n) is 0.363. The van der Waals surface area contributed by atoms with Crippen molar-refractivity contribution in [1.82, 2.24) is 10.8 Å². The first-order valence-electron chi connectivity index (χ1n) is 2.02. The molecule has 0 aliphatic carbocycles. The van der Waals surface area contributed by atoms with Crippen LogP contribution >= 0.6 is 11.6 Å². The lowest BCUT2D eigenvalue weighted by molar-refractivity contribution is -0.0171. The lowest BCUT2D eigenvalue weighted by Crippen LogP contribution is -2.27. The van der Waals surface area contributed by atoms with E-state index in [4.69, 9.17) is 11.6 Å². The van der Waals surface area contributed by atoms with Gasteiger partial charge in [-0.2, -0.15) is 4.39 Å². The van der Waals surface area contributed by atoms with E-state index in [9.17, 15) is 8.87 Å². The number of allylic oxidation sites excluding steroid dienone is 1. The second-order valence-electron chi connectivity index (χ2n) is 1.29. The summed E-state index contributed by atoms with van der Waals surface area (Å²) in [6.07, 6.45) is 0.859. The van der Waals surface area contributed by atoms with E-state index in [0.29, 0.717) is 0 Å². The molecule has 0 unspecified atom stereocenters. The Hall–Kier alpha value is -0.840. The minimum Gasteiger partial charge on any atom is -0.242 e. The van der Waals surface area contributed by atoms with Crippen molar-refractivity contribution < 1.29 is 8.87 Å². The molecule has 1 aliphatic rings. The second-order valence-corrected chi connectivity index (χ2v) is 1.69. The molecule has 0 atom stereocenters. The summed E-state index contributed by atoms with van der Waals surface area (Å²) >= 11 is 5.15. The van der Waals surface area contributed by atoms with Crippen LogP contribution in [0.2, 0.25) is 0 Å². The molecular formula is C3H2ClF2N3. The van der Waals surface area contributed by atoms with Gasteiger partial charge in [0.1, 0.15) is 5.16 Å². The predicted octanol–water partition coefficient (Wildman–Crippen LogP) is 1.05. The molecule has 1 heterocycles. The zero-order valence-electron chi connectivity index (χ0n) is 4.11. The fourth-order valence-corrected chi connectivity index (χ4v) is 0.522. The summed E-state index contributed by atoms with van der Waals surface area (Å²) in [5.41, 5.74) is 1.88. The Balaban J connectivity index is 2.74. The number of nitrogens with zero attached hydrogens (tertiary/aromatic N) is 2. The molecule has 0 radical (unpaired) electrons. The zero-order chi connectivity index (χ0) is 6.85. The van der Waals surface area contributed by atoms with Gasteiger partial charge in [0.15, 0.2) is 0 Å². The molecule has 0 aromatic carbocycles. The maximum absolute atomic E-state index is 12.0. The third kappa shape index (κ3) is 1.53. The summed E-state index contributed by atoms with van der Waals surface area (Å²) in [5, 5.41) is 2.22. The van der Waals surface area contributed by atoms with Gasteiger partial charge in [0.05, 0.1) is 0 Å². The van der Waals surface area contributed by atoms with E-state index in [2.05, 4.69) is 5.10 Å². The highest BCUT2D eigenvalue weighted by molar-refractivity contribution is 6.30. The Morgan fingerprint density at radius 3 is 2.89 bits per heavy atom. The van der Waals surface area contributed by atoms with Gasteiger partial charge in [-0.1, -0.05) is 21.2 Å². The highest BCUT2D eigenvalue weighted by Gasteiger charge is 2.08. The molecule has 0 fully saturated rings. The standard InChI is InChI=1S/C3H2ClF2N3/c4-2-1-3(5)8-9(6)7-2/h1,7H. The van der Waals surface area contributed by atoms with Crippen molar-refractivity contribution in [3.63, 3.8) is 0 Å². The van der Waals surface area contributed by atoms with Crippen LogP contribution in [0.15, 0.2) is 16.3 Å². The summed E-state index contributed by atoms with van der Waals surface area (Å²) in [7, 11) is 0. The minimum atomic E-state index is -0.971. The molecule has 0 aromatic rings. The highest BCUT2D eigenvalue weighted by atomic mass is 35.5. The van der Waals surface area contributed by atoms with E-state index >= 15 is 0 Å². The second kappa shape index (κ2) is 2.18. The Morgan fingerprint density at radius 1 is 1.78 bits per heavy atom. The van der Waals surface area contributed by atoms with Crippen LogP contribution < -0.4 is 5.43 Å². The lowest BCUT2D eigenvalue weighted by Gasteiger charge is -2.11. The molecule has 6 heteroatoms. The SMILES string of the molecule is FC1=NN(F)NC(Cl)=C1. The quantitative estimate of drug-likeness (QED) is 0.416. The smallest absolute Gasteiger partial charge is 0.238 e. The van der Waals surface area contributed by atoms with Crippen LogP contribution in [0.1, 0.15) is 0 Å². The Morgan fingerprint density at radius 2 is 2.44 bits per heavy atom. The van der Waals surface area contributed by atoms with E-state index in [1.807, 2.05) is 5.43 Å². The molecule has 0 bridgehead atoms. The maximum atomic E-state index is 12.0. The number of hydrazine groups is 1. The van der Waals surface area contributed by atoms with Crippen LogP contribution in [-0.2, 0) is 0 Å². The summed E-state index contributed by atoms with van der Waals surface area (Å²) in [6.45, 7) is 0. The van der Waals surface area contributed by atoms with Crippen molar-refractivity contribution in [2.75, 3.05) is 0 Å². The average Bonchev–Trinajstić information content (AvgIpc) is 1.59. The molecule has 3 nitrogen and oxygen atoms in total. The van der Waals surface area contributed by atoms with Gasteiger partial charge in [-0.25, -0.2) is 5.43 Å². The first-order valence-corrected chi connectivity index (χ1v) is 2.40. The molecular weight excluding hydrogens is 152 g/mol. The predicted molar refractivity (Wildman–Crippen MR) is 28.6 cm³/mol. The fraction of sp³-hybridized carbons (Fsp3) is 0. The first kappa shape index (κ1) is 6.28. The van der Waals surface area contributed by atoms with Gasteiger partial charge >= 0.3 is 0 Å². The lowest BCUT2D eigenvalue weighted by atomic mass is 10.6. The van der Waals surface area contributed by atoms with Gasteiger partial charge in [-0.3, -0.25) is 0 Å². The van der Waals surface area contributed by atoms with E-state index in [1.165, 1.54) is 0 Å². The molecule has 1 rings (SSSR count). The van der Waals surface area contributed by atoms with Crippen molar-refractivity contribution in [3.05, 3.63) is 11.2 Å². The van der Waals surface area contributed by atoms with E-state index in [0.717, 1.165) is 6.08 Å². The van der Waals surface area contributed by atoms with E-state index < -0.39 is 5.97 Å². The van der Waals surface area contributed by atoms with Crippen LogP contribution in [-0.4, -0.2) is 11.3 Å². The molecule has 0 amide bonds. The first-order chi connectivity index (χ1) is 4.18. The van der Waals surface area contributed by atoms with Crippen molar-refractivity contribution in [2.45, 2.75) is 0 Å². The molecule has 50 valence electrons. The number of halogens is 3. The molecule has 0 spiro atoms. The van der Waals surface area contributed by atoms with Gasteiger partial charge in [-0.15, -0.1) is 0 Å². The molecule has 1 N–H and O–H groups in total. The van der Waals surface area contributed by atoms with Crippen LogP contribution in [0.5, 0.6) is 0 Å². The van der Waals surface area contributed by atoms with Crippen LogP contribution in [0.25, 0.3) is 0 Å². The van der Waals surface area contributed by atoms with Crippen LogP contribution in [0.3, 0.4) is 0 Å². The van der Waals surface area contributed by atoms with Crippen molar-refractivity contribution in [1.29, 1.82) is 0 Å². The maximum Gasteiger partial charge on any atom is 0.238 e. The topological polar surface area (TPSA) is 27.6 Å². The van der Waals surface area contributed by atoms with E-state index in [-0.39, 0.29) is 10.5 Å². The summed E-state index contributed by atoms with van der Waals surface area (Å²) in [6, 6.07) is 0. The summed E-state index contributed by atoms with van der Waals surface area (Å²) in [4.78, 5) is 0. The zero-order valence-corrected chi connectivity index (χ0v) is 4.86. The summed E-state index contributed by atoms with van der Waals surface area (Å²) in [5.74, 6) is -0.971. The van der Waals surface area contributed by atoms with Crippen molar-refractivity contribution >= 4 is 17.6 Å². The molecule has 0 saturated carbocycles. The monoisotopic (exact) mass is 153 g/mol. The molecule has 0 saturated heterocycles. The average molecular weight is 154 g/mol. The number of hydrazone groups is 1. The Bertz CT molecular complexity index is 178. The number of rotatable bonds is 0. The Labute approximate surface area is 54.5 Å². The number of hydrogen-bond donors (Lipinski definition) is 1. The van der Waals surface area contributed by atoms with E-state index in [1.54, 1.807) is 0 Å². The van der Waals surface area contributed by atoms with Crippen molar-refractivity contribution in [2.24, 2.45) is 5.10 Å². The third-order valence-electron chi connectivity index (χ3n) is 0.628. The van der Waals surface area contributed by atoms with Crippen molar-refractivity contribution in [3.8, 4) is 0 Å². The molecule has 9 heavy (non-hydrogen) atoms. The number of hydrogen-bond acceptors (Lipinski definition) is 3. The number of nitrogens with one attached hydrogen (secondary N) is 1. The van der Waals surface area contributed by atoms with Gasteiger partial charge in [0.25, 0.3) is 0 Å².